The van der Waals surface area contributed by atoms with Gasteiger partial charge in [-0.15, -0.1) is 16.1 Å². The van der Waals surface area contributed by atoms with Gasteiger partial charge in [0.05, 0.1) is 10.9 Å². The predicted octanol–water partition coefficient (Wildman–Crippen LogP) is 6.43. The van der Waals surface area contributed by atoms with Crippen LogP contribution in [-0.2, 0) is 17.8 Å². The molecule has 1 unspecified atom stereocenters. The van der Waals surface area contributed by atoms with Gasteiger partial charge in [-0.1, -0.05) is 36.0 Å². The molecule has 2 aliphatic rings. The zero-order chi connectivity index (χ0) is 27.5. The fourth-order valence-electron chi connectivity index (χ4n) is 6.13. The average Bonchev–Trinajstić information content (AvgIpc) is 3.68. The van der Waals surface area contributed by atoms with Gasteiger partial charge in [0.15, 0.2) is 5.65 Å². The normalized spacial score (nSPS) is 19.5. The molecule has 1 spiro atoms. The Morgan fingerprint density at radius 1 is 1.05 bits per heavy atom. The highest BCUT2D eigenvalue weighted by molar-refractivity contribution is 7.99. The second-order valence-electron chi connectivity index (χ2n) is 11.8. The van der Waals surface area contributed by atoms with E-state index in [-0.39, 0.29) is 16.2 Å². The van der Waals surface area contributed by atoms with Crippen LogP contribution in [0.15, 0.2) is 76.4 Å². The van der Waals surface area contributed by atoms with E-state index in [9.17, 15) is 4.55 Å². The smallest absolute Gasteiger partial charge is 0.211 e. The summed E-state index contributed by atoms with van der Waals surface area (Å²) < 4.78 is 18.6. The van der Waals surface area contributed by atoms with Gasteiger partial charge in [0.2, 0.25) is 5.95 Å². The molecule has 7 nitrogen and oxygen atoms in total. The van der Waals surface area contributed by atoms with Crippen LogP contribution in [0.25, 0.3) is 15.9 Å². The number of piperidine rings is 1. The predicted molar refractivity (Wildman–Crippen MR) is 165 cm³/mol. The number of hydrogen-bond acceptors (Lipinski definition) is 8. The number of rotatable bonds is 5. The van der Waals surface area contributed by atoms with Crippen molar-refractivity contribution in [2.45, 2.75) is 60.6 Å². The Labute approximate surface area is 245 Å². The first kappa shape index (κ1) is 26.3. The maximum Gasteiger partial charge on any atom is 0.211 e. The minimum atomic E-state index is -1.14. The van der Waals surface area contributed by atoms with Crippen molar-refractivity contribution in [2.24, 2.45) is 5.41 Å². The summed E-state index contributed by atoms with van der Waals surface area (Å²) in [5.41, 5.74) is 3.65. The standard InChI is InChI=1S/C30H32N6OS3/c1-29(2,3)40(37)34-25-21-7-5-4-6-20(21)18-30(25)10-14-35(15-11-30)28-33-19-24(26-31-13-16-36(26)28)39-23-8-12-32-27-22(23)9-17-38-27/h4-9,12-13,16-17,19,25,34H,10-11,14-15,18H2,1-3H3/t25-,40?/m1/s1. The summed E-state index contributed by atoms with van der Waals surface area (Å²) in [4.78, 5) is 19.8. The third-order valence-corrected chi connectivity index (χ3v) is 11.7. The van der Waals surface area contributed by atoms with Crippen molar-refractivity contribution in [3.05, 3.63) is 77.7 Å². The number of pyridine rings is 1. The molecule has 0 amide bonds. The molecular weight excluding hydrogens is 557 g/mol. The number of aromatic nitrogens is 4. The van der Waals surface area contributed by atoms with Crippen molar-refractivity contribution in [2.75, 3.05) is 18.0 Å². The molecule has 5 aromatic rings. The number of imidazole rings is 1. The Bertz CT molecular complexity index is 1680. The summed E-state index contributed by atoms with van der Waals surface area (Å²) in [6.45, 7) is 7.89. The Morgan fingerprint density at radius 2 is 1.88 bits per heavy atom. The van der Waals surface area contributed by atoms with Crippen LogP contribution < -0.4 is 9.62 Å². The number of thiophene rings is 1. The molecule has 1 fully saturated rings. The fraction of sp³-hybridized carbons (Fsp3) is 0.367. The first-order valence-corrected chi connectivity index (χ1v) is 16.5. The third kappa shape index (κ3) is 4.50. The van der Waals surface area contributed by atoms with E-state index in [1.54, 1.807) is 23.1 Å². The molecule has 1 saturated heterocycles. The van der Waals surface area contributed by atoms with Crippen LogP contribution in [0.5, 0.6) is 0 Å². The molecule has 10 heteroatoms. The van der Waals surface area contributed by atoms with Crippen LogP contribution >= 0.6 is 23.1 Å². The maximum absolute atomic E-state index is 13.2. The van der Waals surface area contributed by atoms with Gasteiger partial charge in [-0.05, 0) is 68.7 Å². The molecule has 2 atom stereocenters. The van der Waals surface area contributed by atoms with Crippen molar-refractivity contribution in [3.63, 3.8) is 0 Å². The Hall–Kier alpha value is -2.63. The Kier molecular flexibility index (Phi) is 6.59. The SMILES string of the molecule is CC(C)(C)[S+]([O-])N[C@@H]1c2ccccc2CC12CCN(c1ncc(Sc3ccnc4sccc34)c3nccn13)CC2. The number of nitrogens with zero attached hydrogens (tertiary/aromatic N) is 5. The van der Waals surface area contributed by atoms with E-state index in [4.69, 9.17) is 9.97 Å². The summed E-state index contributed by atoms with van der Waals surface area (Å²) in [7, 11) is 0. The first-order chi connectivity index (χ1) is 19.3. The maximum atomic E-state index is 13.2. The van der Waals surface area contributed by atoms with Crippen LogP contribution in [0.3, 0.4) is 0 Å². The van der Waals surface area contributed by atoms with Gasteiger partial charge in [-0.2, -0.15) is 0 Å². The van der Waals surface area contributed by atoms with Crippen LogP contribution in [0.4, 0.5) is 5.95 Å². The molecule has 1 aliphatic heterocycles. The van der Waals surface area contributed by atoms with Crippen molar-refractivity contribution < 1.29 is 4.55 Å². The van der Waals surface area contributed by atoms with Gasteiger partial charge in [0.25, 0.3) is 0 Å². The van der Waals surface area contributed by atoms with Gasteiger partial charge >= 0.3 is 0 Å². The molecule has 206 valence electrons. The van der Waals surface area contributed by atoms with Crippen molar-refractivity contribution in [1.82, 2.24) is 24.1 Å². The van der Waals surface area contributed by atoms with Crippen LogP contribution in [0.1, 0.15) is 50.8 Å². The summed E-state index contributed by atoms with van der Waals surface area (Å²) in [6.07, 6.45) is 10.7. The zero-order valence-corrected chi connectivity index (χ0v) is 25.3. The lowest BCUT2D eigenvalue weighted by molar-refractivity contribution is 0.175. The van der Waals surface area contributed by atoms with E-state index in [0.717, 1.165) is 58.6 Å². The highest BCUT2D eigenvalue weighted by Gasteiger charge is 2.50. The molecule has 1 aromatic carbocycles. The van der Waals surface area contributed by atoms with Crippen LogP contribution in [0.2, 0.25) is 0 Å². The monoisotopic (exact) mass is 588 g/mol. The highest BCUT2D eigenvalue weighted by Crippen LogP contribution is 2.53. The summed E-state index contributed by atoms with van der Waals surface area (Å²) in [5, 5.41) is 3.25. The topological polar surface area (TPSA) is 81.4 Å². The van der Waals surface area contributed by atoms with Crippen molar-refractivity contribution in [3.8, 4) is 0 Å². The second kappa shape index (κ2) is 10.0. The first-order valence-electron chi connectivity index (χ1n) is 13.7. The largest absolute Gasteiger partial charge is 0.598 e. The van der Waals surface area contributed by atoms with Gasteiger partial charge in [0.1, 0.15) is 9.58 Å². The van der Waals surface area contributed by atoms with Crippen LogP contribution in [-0.4, -0.2) is 41.7 Å². The molecule has 4 aromatic heterocycles. The van der Waals surface area contributed by atoms with E-state index >= 15 is 0 Å². The second-order valence-corrected chi connectivity index (χ2v) is 15.7. The van der Waals surface area contributed by atoms with Crippen LogP contribution in [0, 0.1) is 5.41 Å². The molecule has 0 radical (unpaired) electrons. The lowest BCUT2D eigenvalue weighted by Crippen LogP contribution is -2.50. The van der Waals surface area contributed by atoms with E-state index < -0.39 is 11.4 Å². The minimum Gasteiger partial charge on any atom is -0.598 e. The van der Waals surface area contributed by atoms with E-state index in [0.29, 0.717) is 0 Å². The number of hydrogen-bond donors (Lipinski definition) is 1. The molecule has 40 heavy (non-hydrogen) atoms. The number of nitrogens with one attached hydrogen (secondary N) is 1. The van der Waals surface area contributed by atoms with E-state index in [1.165, 1.54) is 16.5 Å². The third-order valence-electron chi connectivity index (χ3n) is 8.27. The Balaban J connectivity index is 1.15. The lowest BCUT2D eigenvalue weighted by Gasteiger charge is -2.44. The molecule has 7 rings (SSSR count). The zero-order valence-electron chi connectivity index (χ0n) is 22.8. The molecule has 0 saturated carbocycles. The highest BCUT2D eigenvalue weighted by atomic mass is 32.2. The number of benzene rings is 1. The number of anilines is 1. The molecule has 0 bridgehead atoms. The fourth-order valence-corrected chi connectivity index (χ4v) is 8.88. The van der Waals surface area contributed by atoms with Gasteiger partial charge in [-0.25, -0.2) is 15.0 Å². The average molecular weight is 589 g/mol. The van der Waals surface area contributed by atoms with Crippen molar-refractivity contribution in [1.29, 1.82) is 0 Å². The summed E-state index contributed by atoms with van der Waals surface area (Å²) in [6, 6.07) is 13.0. The van der Waals surface area contributed by atoms with E-state index in [1.807, 2.05) is 45.6 Å². The lowest BCUT2D eigenvalue weighted by atomic mass is 9.73. The molecular formula is C30H32N6OS3. The summed E-state index contributed by atoms with van der Waals surface area (Å²) in [5.74, 6) is 0.931. The Morgan fingerprint density at radius 3 is 2.70 bits per heavy atom. The molecule has 1 N–H and O–H groups in total. The van der Waals surface area contributed by atoms with E-state index in [2.05, 4.69) is 60.8 Å². The van der Waals surface area contributed by atoms with Gasteiger partial charge < -0.3 is 9.45 Å². The minimum absolute atomic E-state index is 0.0399. The van der Waals surface area contributed by atoms with Crippen molar-refractivity contribution >= 4 is 56.3 Å². The van der Waals surface area contributed by atoms with Gasteiger partial charge in [0, 0.05) is 64.9 Å². The quantitative estimate of drug-likeness (QED) is 0.237. The molecule has 5 heterocycles. The number of fused-ring (bicyclic) bond motifs is 3. The summed E-state index contributed by atoms with van der Waals surface area (Å²) >= 11 is 2.21. The molecule has 1 aliphatic carbocycles. The van der Waals surface area contributed by atoms with Gasteiger partial charge in [-0.3, -0.25) is 4.40 Å².